The van der Waals surface area contributed by atoms with Crippen molar-refractivity contribution in [2.75, 3.05) is 18.1 Å². The van der Waals surface area contributed by atoms with Crippen molar-refractivity contribution in [1.82, 2.24) is 0 Å². The fourth-order valence-corrected chi connectivity index (χ4v) is 7.03. The number of benzene rings is 2. The SMILES string of the molecule is C=Cc1ccc(N2C(=O)[C@H]3[C@H](CC=C4[C@H](c5ccccc5OCCO)C5=C(C[C@H]43)C(=O)C(Br)=CC5=O)C2=O)cc1. The standard InChI is InChI=1S/C32H26BrNO6/c1-2-17-7-9-18(10-8-17)34-31(38)21-12-11-19-22(28(21)32(34)39)15-23-29(25(36)16-24(33)30(23)37)27(19)20-5-3-4-6-26(20)40-14-13-35/h2-11,16,21-22,27-28,35H,1,12-15H2/t21-,22+,27+,28-/m0/s1. The zero-order chi connectivity index (χ0) is 28.1. The number of hydrogen-bond donors (Lipinski definition) is 1. The van der Waals surface area contributed by atoms with Crippen molar-refractivity contribution >= 4 is 51.1 Å². The van der Waals surface area contributed by atoms with Crippen LogP contribution in [0.5, 0.6) is 5.75 Å². The first kappa shape index (κ1) is 26.3. The molecule has 1 aliphatic heterocycles. The minimum Gasteiger partial charge on any atom is -0.491 e. The van der Waals surface area contributed by atoms with E-state index in [1.54, 1.807) is 30.3 Å². The maximum atomic E-state index is 14.0. The van der Waals surface area contributed by atoms with Crippen LogP contribution in [-0.2, 0) is 19.2 Å². The average molecular weight is 600 g/mol. The number of ether oxygens (including phenoxy) is 1. The van der Waals surface area contributed by atoms with Crippen LogP contribution >= 0.6 is 15.9 Å². The lowest BCUT2D eigenvalue weighted by Crippen LogP contribution is -2.39. The van der Waals surface area contributed by atoms with Gasteiger partial charge in [-0.1, -0.05) is 54.6 Å². The van der Waals surface area contributed by atoms with Crippen LogP contribution in [0, 0.1) is 17.8 Å². The Morgan fingerprint density at radius 3 is 2.50 bits per heavy atom. The number of hydrogen-bond acceptors (Lipinski definition) is 6. The molecular weight excluding hydrogens is 574 g/mol. The molecule has 0 saturated carbocycles. The third-order valence-corrected chi connectivity index (χ3v) is 8.89. The molecule has 7 nitrogen and oxygen atoms in total. The molecule has 0 radical (unpaired) electrons. The molecule has 1 saturated heterocycles. The van der Waals surface area contributed by atoms with Crippen LogP contribution in [0.3, 0.4) is 0 Å². The van der Waals surface area contributed by atoms with E-state index in [2.05, 4.69) is 22.5 Å². The van der Waals surface area contributed by atoms with Crippen LogP contribution in [0.1, 0.15) is 29.9 Å². The maximum Gasteiger partial charge on any atom is 0.238 e. The molecule has 0 unspecified atom stereocenters. The molecule has 0 bridgehead atoms. The quantitative estimate of drug-likeness (QED) is 0.294. The van der Waals surface area contributed by atoms with Gasteiger partial charge in [0.25, 0.3) is 0 Å². The predicted octanol–water partition coefficient (Wildman–Crippen LogP) is 4.67. The van der Waals surface area contributed by atoms with Crippen LogP contribution < -0.4 is 9.64 Å². The van der Waals surface area contributed by atoms with Crippen LogP contribution in [0.4, 0.5) is 5.69 Å². The summed E-state index contributed by atoms with van der Waals surface area (Å²) >= 11 is 3.25. The van der Waals surface area contributed by atoms with E-state index in [9.17, 15) is 24.3 Å². The van der Waals surface area contributed by atoms with E-state index < -0.39 is 23.7 Å². The second kappa shape index (κ2) is 10.3. The van der Waals surface area contributed by atoms with Crippen molar-refractivity contribution in [2.24, 2.45) is 17.8 Å². The van der Waals surface area contributed by atoms with Crippen LogP contribution in [-0.4, -0.2) is 41.7 Å². The molecule has 6 rings (SSSR count). The number of fused-ring (bicyclic) bond motifs is 3. The first-order chi connectivity index (χ1) is 19.3. The summed E-state index contributed by atoms with van der Waals surface area (Å²) in [5.74, 6) is -2.92. The fourth-order valence-electron chi connectivity index (χ4n) is 6.58. The highest BCUT2D eigenvalue weighted by Crippen LogP contribution is 2.56. The van der Waals surface area contributed by atoms with E-state index in [1.165, 1.54) is 11.0 Å². The van der Waals surface area contributed by atoms with Crippen molar-refractivity contribution in [3.8, 4) is 5.75 Å². The molecule has 4 aliphatic rings. The molecule has 2 amide bonds. The van der Waals surface area contributed by atoms with E-state index in [-0.39, 0.29) is 47.5 Å². The van der Waals surface area contributed by atoms with Gasteiger partial charge >= 0.3 is 0 Å². The summed E-state index contributed by atoms with van der Waals surface area (Å²) in [6.07, 6.45) is 5.51. The third kappa shape index (κ3) is 4.05. The number of carbonyl (C=O) groups excluding carboxylic acids is 4. The monoisotopic (exact) mass is 599 g/mol. The molecule has 4 atom stereocenters. The smallest absolute Gasteiger partial charge is 0.238 e. The van der Waals surface area contributed by atoms with E-state index in [0.29, 0.717) is 34.6 Å². The largest absolute Gasteiger partial charge is 0.491 e. The summed E-state index contributed by atoms with van der Waals surface area (Å²) in [5, 5.41) is 9.38. The first-order valence-electron chi connectivity index (χ1n) is 13.2. The van der Waals surface area contributed by atoms with Crippen LogP contribution in [0.25, 0.3) is 6.08 Å². The van der Waals surface area contributed by atoms with Crippen molar-refractivity contribution in [3.63, 3.8) is 0 Å². The molecule has 40 heavy (non-hydrogen) atoms. The Hall–Kier alpha value is -3.88. The van der Waals surface area contributed by atoms with Crippen molar-refractivity contribution in [3.05, 3.63) is 99.6 Å². The van der Waals surface area contributed by atoms with E-state index in [0.717, 1.165) is 11.1 Å². The fraction of sp³-hybridized carbons (Fsp3) is 0.250. The van der Waals surface area contributed by atoms with Crippen molar-refractivity contribution in [1.29, 1.82) is 0 Å². The number of carbonyl (C=O) groups is 4. The number of rotatable bonds is 6. The van der Waals surface area contributed by atoms with E-state index in [4.69, 9.17) is 4.74 Å². The molecule has 1 heterocycles. The maximum absolute atomic E-state index is 14.0. The zero-order valence-corrected chi connectivity index (χ0v) is 23.1. The van der Waals surface area contributed by atoms with Crippen LogP contribution in [0.2, 0.25) is 0 Å². The Morgan fingerprint density at radius 2 is 1.77 bits per heavy atom. The Labute approximate surface area is 239 Å². The number of imide groups is 1. The second-order valence-corrected chi connectivity index (χ2v) is 11.2. The Balaban J connectivity index is 1.47. The number of halogens is 1. The number of anilines is 1. The van der Waals surface area contributed by atoms with Gasteiger partial charge in [-0.15, -0.1) is 0 Å². The highest BCUT2D eigenvalue weighted by molar-refractivity contribution is 9.12. The lowest BCUT2D eigenvalue weighted by Gasteiger charge is -2.42. The summed E-state index contributed by atoms with van der Waals surface area (Å²) < 4.78 is 6.02. The molecule has 0 spiro atoms. The number of ketones is 2. The number of allylic oxidation sites excluding steroid dienone is 6. The molecule has 2 aromatic carbocycles. The number of para-hydroxylation sites is 1. The number of aliphatic hydroxyl groups excluding tert-OH is 1. The molecule has 202 valence electrons. The van der Waals surface area contributed by atoms with Crippen molar-refractivity contribution < 1.29 is 29.0 Å². The zero-order valence-electron chi connectivity index (χ0n) is 21.5. The summed E-state index contributed by atoms with van der Waals surface area (Å²) in [6.45, 7) is 3.64. The van der Waals surface area contributed by atoms with Gasteiger partial charge in [-0.05, 0) is 58.5 Å². The Bertz CT molecular complexity index is 1570. The van der Waals surface area contributed by atoms with Gasteiger partial charge in [-0.2, -0.15) is 0 Å². The first-order valence-corrected chi connectivity index (χ1v) is 14.0. The lowest BCUT2D eigenvalue weighted by molar-refractivity contribution is -0.123. The number of Topliss-reactive ketones (excluding diaryl/α,β-unsaturated/α-hetero) is 1. The molecular formula is C32H26BrNO6. The van der Waals surface area contributed by atoms with Crippen molar-refractivity contribution in [2.45, 2.75) is 18.8 Å². The van der Waals surface area contributed by atoms with E-state index in [1.807, 2.05) is 30.3 Å². The molecule has 8 heteroatoms. The summed E-state index contributed by atoms with van der Waals surface area (Å²) in [6, 6.07) is 14.3. The minimum absolute atomic E-state index is 0.0632. The van der Waals surface area contributed by atoms with Gasteiger partial charge in [0.2, 0.25) is 11.8 Å². The highest BCUT2D eigenvalue weighted by Gasteiger charge is 2.56. The second-order valence-electron chi connectivity index (χ2n) is 10.3. The topological polar surface area (TPSA) is 101 Å². The summed E-state index contributed by atoms with van der Waals surface area (Å²) in [7, 11) is 0. The lowest BCUT2D eigenvalue weighted by atomic mass is 9.59. The van der Waals surface area contributed by atoms with Gasteiger partial charge in [-0.3, -0.25) is 24.1 Å². The Morgan fingerprint density at radius 1 is 1.02 bits per heavy atom. The minimum atomic E-state index is -0.666. The molecule has 0 aromatic heterocycles. The van der Waals surface area contributed by atoms with Gasteiger partial charge in [0.15, 0.2) is 11.6 Å². The summed E-state index contributed by atoms with van der Waals surface area (Å²) in [5.41, 5.74) is 3.64. The molecule has 3 aliphatic carbocycles. The third-order valence-electron chi connectivity index (χ3n) is 8.30. The predicted molar refractivity (Wildman–Crippen MR) is 153 cm³/mol. The number of nitrogens with zero attached hydrogens (tertiary/aromatic N) is 1. The normalized spacial score (nSPS) is 25.7. The number of amides is 2. The highest BCUT2D eigenvalue weighted by atomic mass is 79.9. The summed E-state index contributed by atoms with van der Waals surface area (Å²) in [4.78, 5) is 55.7. The van der Waals surface area contributed by atoms with Gasteiger partial charge in [-0.25, -0.2) is 0 Å². The Kier molecular flexibility index (Phi) is 6.76. The van der Waals surface area contributed by atoms with Gasteiger partial charge in [0.1, 0.15) is 12.4 Å². The molecule has 1 fully saturated rings. The van der Waals surface area contributed by atoms with Gasteiger partial charge in [0.05, 0.1) is 28.6 Å². The molecule has 2 aromatic rings. The van der Waals surface area contributed by atoms with Crippen LogP contribution in [0.15, 0.2) is 88.5 Å². The van der Waals surface area contributed by atoms with Gasteiger partial charge in [0, 0.05) is 28.7 Å². The van der Waals surface area contributed by atoms with E-state index >= 15 is 0 Å². The average Bonchev–Trinajstić information content (AvgIpc) is 3.23. The number of aliphatic hydroxyl groups is 1. The molecule has 1 N–H and O–H groups in total. The van der Waals surface area contributed by atoms with Gasteiger partial charge < -0.3 is 9.84 Å².